The molecule has 1 aliphatic heterocycles. The summed E-state index contributed by atoms with van der Waals surface area (Å²) in [5, 5.41) is 8.14. The van der Waals surface area contributed by atoms with E-state index in [1.165, 1.54) is 0 Å². The van der Waals surface area contributed by atoms with E-state index in [4.69, 9.17) is 5.26 Å². The van der Waals surface area contributed by atoms with Crippen LogP contribution in [-0.4, -0.2) is 6.04 Å². The lowest BCUT2D eigenvalue weighted by molar-refractivity contribution is 0.653. The molecule has 0 aromatic heterocycles. The summed E-state index contributed by atoms with van der Waals surface area (Å²) < 4.78 is 0. The van der Waals surface area contributed by atoms with E-state index in [9.17, 15) is 0 Å². The number of hydrogen-bond donors (Lipinski definition) is 1. The zero-order valence-electron chi connectivity index (χ0n) is 3.63. The smallest absolute Gasteiger partial charge is 0.135 e. The van der Waals surface area contributed by atoms with E-state index in [1.807, 2.05) is 6.07 Å². The predicted octanol–water partition coefficient (Wildman–Crippen LogP) is -0.485. The van der Waals surface area contributed by atoms with Gasteiger partial charge in [0.15, 0.2) is 0 Å². The molecule has 1 rings (SSSR count). The summed E-state index contributed by atoms with van der Waals surface area (Å²) in [6.45, 7) is 0. The molecule has 0 bridgehead atoms. The second-order valence-corrected chi connectivity index (χ2v) is 1.21. The van der Waals surface area contributed by atoms with Crippen molar-refractivity contribution in [1.29, 1.82) is 5.26 Å². The molecule has 1 radical (unpaired) electrons. The van der Waals surface area contributed by atoms with Gasteiger partial charge in [-0.25, -0.2) is 5.43 Å². The fourth-order valence-electron chi connectivity index (χ4n) is 0.367. The van der Waals surface area contributed by atoms with E-state index in [0.717, 1.165) is 0 Å². The second-order valence-electron chi connectivity index (χ2n) is 1.21. The topological polar surface area (TPSA) is 49.9 Å². The fraction of sp³-hybridized carbons (Fsp3) is 0.250. The SMILES string of the molecule is N#CC1C=C[N]N1. The molecule has 0 aliphatic carbocycles. The van der Waals surface area contributed by atoms with Gasteiger partial charge in [0.1, 0.15) is 6.04 Å². The molecule has 1 atom stereocenters. The second kappa shape index (κ2) is 1.63. The van der Waals surface area contributed by atoms with Gasteiger partial charge in [-0.3, -0.25) is 0 Å². The molecule has 0 saturated heterocycles. The minimum Gasteiger partial charge on any atom is -0.209 e. The van der Waals surface area contributed by atoms with Crippen molar-refractivity contribution in [3.05, 3.63) is 12.3 Å². The van der Waals surface area contributed by atoms with Gasteiger partial charge in [-0.1, -0.05) is 0 Å². The summed E-state index contributed by atoms with van der Waals surface area (Å²) in [5.74, 6) is 0. The van der Waals surface area contributed by atoms with E-state index >= 15 is 0 Å². The Morgan fingerprint density at radius 1 is 1.86 bits per heavy atom. The van der Waals surface area contributed by atoms with Crippen LogP contribution in [-0.2, 0) is 0 Å². The van der Waals surface area contributed by atoms with Crippen LogP contribution in [0.4, 0.5) is 0 Å². The summed E-state index contributed by atoms with van der Waals surface area (Å²) in [4.78, 5) is 0. The van der Waals surface area contributed by atoms with Gasteiger partial charge in [-0.05, 0) is 6.08 Å². The molecule has 0 fully saturated rings. The third-order valence-corrected chi connectivity index (χ3v) is 0.706. The highest BCUT2D eigenvalue weighted by Gasteiger charge is 2.04. The van der Waals surface area contributed by atoms with Crippen LogP contribution in [0.1, 0.15) is 0 Å². The van der Waals surface area contributed by atoms with Crippen molar-refractivity contribution in [2.45, 2.75) is 6.04 Å². The van der Waals surface area contributed by atoms with Gasteiger partial charge in [-0.2, -0.15) is 10.7 Å². The first-order chi connectivity index (χ1) is 3.43. The Hall–Kier alpha value is -1.01. The molecule has 0 spiro atoms. The van der Waals surface area contributed by atoms with Crippen molar-refractivity contribution < 1.29 is 0 Å². The summed E-state index contributed by atoms with van der Waals surface area (Å²) in [6.07, 6.45) is 3.27. The monoisotopic (exact) mass is 94.0 g/mol. The number of nitrogens with one attached hydrogen (secondary N) is 1. The van der Waals surface area contributed by atoms with Gasteiger partial charge >= 0.3 is 0 Å². The number of rotatable bonds is 0. The molecule has 0 amide bonds. The zero-order chi connectivity index (χ0) is 5.11. The average molecular weight is 94.1 g/mol. The fourth-order valence-corrected chi connectivity index (χ4v) is 0.367. The standard InChI is InChI=1S/C4H4N3/c5-3-4-1-2-6-7-4/h1-2,4,7H. The summed E-state index contributed by atoms with van der Waals surface area (Å²) >= 11 is 0. The van der Waals surface area contributed by atoms with Crippen LogP contribution in [0.25, 0.3) is 0 Å². The van der Waals surface area contributed by atoms with E-state index in [2.05, 4.69) is 10.9 Å². The molecule has 0 aromatic rings. The molecular formula is C4H4N3. The van der Waals surface area contributed by atoms with E-state index in [0.29, 0.717) is 0 Å². The van der Waals surface area contributed by atoms with E-state index < -0.39 is 0 Å². The highest BCUT2D eigenvalue weighted by atomic mass is 15.4. The largest absolute Gasteiger partial charge is 0.209 e. The lowest BCUT2D eigenvalue weighted by atomic mass is 10.4. The Balaban J connectivity index is 2.47. The predicted molar refractivity (Wildman–Crippen MR) is 23.8 cm³/mol. The third kappa shape index (κ3) is 0.699. The molecule has 3 nitrogen and oxygen atoms in total. The summed E-state index contributed by atoms with van der Waals surface area (Å²) in [5.41, 5.74) is 6.14. The number of nitriles is 1. The van der Waals surface area contributed by atoms with E-state index in [1.54, 1.807) is 12.3 Å². The number of hydrogen-bond acceptors (Lipinski definition) is 2. The van der Waals surface area contributed by atoms with Crippen molar-refractivity contribution >= 4 is 0 Å². The molecular weight excluding hydrogens is 90.1 g/mol. The Bertz CT molecular complexity index is 121. The van der Waals surface area contributed by atoms with E-state index in [-0.39, 0.29) is 6.04 Å². The first-order valence-corrected chi connectivity index (χ1v) is 1.95. The maximum Gasteiger partial charge on any atom is 0.135 e. The minimum absolute atomic E-state index is 0.194. The lowest BCUT2D eigenvalue weighted by Crippen LogP contribution is -2.23. The Morgan fingerprint density at radius 3 is 3.00 bits per heavy atom. The van der Waals surface area contributed by atoms with Crippen LogP contribution in [0, 0.1) is 11.3 Å². The maximum atomic E-state index is 8.14. The normalized spacial score (nSPS) is 26.4. The molecule has 1 N–H and O–H groups in total. The molecule has 1 aliphatic rings. The highest BCUT2D eigenvalue weighted by molar-refractivity contribution is 5.08. The third-order valence-electron chi connectivity index (χ3n) is 0.706. The van der Waals surface area contributed by atoms with Crippen LogP contribution in [0.15, 0.2) is 12.3 Å². The van der Waals surface area contributed by atoms with Gasteiger partial charge in [-0.15, -0.1) is 0 Å². The number of nitrogens with zero attached hydrogens (tertiary/aromatic N) is 2. The van der Waals surface area contributed by atoms with Crippen molar-refractivity contribution in [1.82, 2.24) is 10.9 Å². The summed E-state index contributed by atoms with van der Waals surface area (Å²) in [7, 11) is 0. The molecule has 3 heteroatoms. The molecule has 0 aromatic carbocycles. The molecule has 7 heavy (non-hydrogen) atoms. The Morgan fingerprint density at radius 2 is 2.71 bits per heavy atom. The van der Waals surface area contributed by atoms with Gasteiger partial charge < -0.3 is 0 Å². The van der Waals surface area contributed by atoms with Crippen molar-refractivity contribution in [2.24, 2.45) is 0 Å². The molecule has 1 unspecified atom stereocenters. The molecule has 35 valence electrons. The zero-order valence-corrected chi connectivity index (χ0v) is 3.63. The Kier molecular flexibility index (Phi) is 0.966. The van der Waals surface area contributed by atoms with Gasteiger partial charge in [0.05, 0.1) is 6.07 Å². The molecule has 0 saturated carbocycles. The van der Waals surface area contributed by atoms with Gasteiger partial charge in [0.2, 0.25) is 0 Å². The van der Waals surface area contributed by atoms with Crippen molar-refractivity contribution in [3.63, 3.8) is 0 Å². The van der Waals surface area contributed by atoms with Crippen LogP contribution in [0.3, 0.4) is 0 Å². The first-order valence-electron chi connectivity index (χ1n) is 1.95. The highest BCUT2D eigenvalue weighted by Crippen LogP contribution is 1.86. The lowest BCUT2D eigenvalue weighted by Gasteiger charge is -1.89. The van der Waals surface area contributed by atoms with Gasteiger partial charge in [0, 0.05) is 6.20 Å². The van der Waals surface area contributed by atoms with Crippen LogP contribution < -0.4 is 10.9 Å². The van der Waals surface area contributed by atoms with Crippen LogP contribution in [0.2, 0.25) is 0 Å². The van der Waals surface area contributed by atoms with Crippen molar-refractivity contribution in [2.75, 3.05) is 0 Å². The van der Waals surface area contributed by atoms with Gasteiger partial charge in [0.25, 0.3) is 0 Å². The quantitative estimate of drug-likeness (QED) is 0.440. The van der Waals surface area contributed by atoms with Crippen LogP contribution >= 0.6 is 0 Å². The summed E-state index contributed by atoms with van der Waals surface area (Å²) in [6, 6.07) is 1.78. The molecule has 1 heterocycles. The Labute approximate surface area is 41.6 Å². The maximum absolute atomic E-state index is 8.14. The average Bonchev–Trinajstić information content (AvgIpc) is 2.14. The minimum atomic E-state index is -0.194. The first kappa shape index (κ1) is 4.16. The van der Waals surface area contributed by atoms with Crippen molar-refractivity contribution in [3.8, 4) is 6.07 Å². The van der Waals surface area contributed by atoms with Crippen LogP contribution in [0.5, 0.6) is 0 Å².